The Morgan fingerprint density at radius 3 is 2.80 bits per heavy atom. The Morgan fingerprint density at radius 2 is 2.00 bits per heavy atom. The number of halogens is 1. The molecule has 1 aromatic carbocycles. The summed E-state index contributed by atoms with van der Waals surface area (Å²) in [5.74, 6) is 0.805. The van der Waals surface area contributed by atoms with Crippen LogP contribution >= 0.6 is 0 Å². The summed E-state index contributed by atoms with van der Waals surface area (Å²) in [5.41, 5.74) is 3.71. The van der Waals surface area contributed by atoms with Crippen molar-refractivity contribution in [2.75, 3.05) is 19.6 Å². The second-order valence-electron chi connectivity index (χ2n) is 8.18. The molecule has 4 aromatic rings. The van der Waals surface area contributed by atoms with Gasteiger partial charge in [-0.15, -0.1) is 4.57 Å². The van der Waals surface area contributed by atoms with Gasteiger partial charge >= 0.3 is 0 Å². The lowest BCUT2D eigenvalue weighted by molar-refractivity contribution is 0.214. The molecule has 0 unspecified atom stereocenters. The van der Waals surface area contributed by atoms with E-state index in [0.717, 1.165) is 43.6 Å². The van der Waals surface area contributed by atoms with Crippen LogP contribution in [0, 0.1) is 19.7 Å². The fourth-order valence-electron chi connectivity index (χ4n) is 4.56. The Bertz CT molecular complexity index is 1280. The number of aromatic nitrogens is 2. The van der Waals surface area contributed by atoms with Crippen molar-refractivity contribution < 1.29 is 13.3 Å². The summed E-state index contributed by atoms with van der Waals surface area (Å²) in [4.78, 5) is 19.7. The maximum Gasteiger partial charge on any atom is 0.290 e. The fourth-order valence-corrected chi connectivity index (χ4v) is 4.56. The van der Waals surface area contributed by atoms with Crippen molar-refractivity contribution in [2.45, 2.75) is 39.0 Å². The summed E-state index contributed by atoms with van der Waals surface area (Å²) < 4.78 is 25.7. The highest BCUT2D eigenvalue weighted by Crippen LogP contribution is 2.34. The molecule has 30 heavy (non-hydrogen) atoms. The van der Waals surface area contributed by atoms with E-state index < -0.39 is 0 Å². The minimum absolute atomic E-state index is 0.113. The molecule has 0 aliphatic carbocycles. The van der Waals surface area contributed by atoms with Crippen LogP contribution in [-0.4, -0.2) is 34.1 Å². The first-order chi connectivity index (χ1) is 14.5. The predicted molar refractivity (Wildman–Crippen MR) is 111 cm³/mol. The molecule has 0 amide bonds. The van der Waals surface area contributed by atoms with E-state index in [9.17, 15) is 9.18 Å². The first kappa shape index (κ1) is 19.1. The Balaban J connectivity index is 1.26. The molecule has 1 saturated heterocycles. The number of piperidine rings is 1. The van der Waals surface area contributed by atoms with Gasteiger partial charge in [-0.05, 0) is 64.3 Å². The highest BCUT2D eigenvalue weighted by molar-refractivity contribution is 5.81. The van der Waals surface area contributed by atoms with Gasteiger partial charge in [0.1, 0.15) is 17.2 Å². The minimum atomic E-state index is -0.276. The standard InChI is InChI=1S/C23H24FN3O3/c1-14-11-22-25-15(2)18(23(28)27(22)30-14)7-10-26-8-5-16(6-9-26)20-13-29-21-12-17(24)3-4-19(20)21/h3-4,11-13,16H,5-10H2,1-2H3. The molecule has 0 saturated carbocycles. The number of furan rings is 1. The first-order valence-corrected chi connectivity index (χ1v) is 10.4. The first-order valence-electron chi connectivity index (χ1n) is 10.4. The van der Waals surface area contributed by atoms with Crippen molar-refractivity contribution in [1.29, 1.82) is 0 Å². The molecule has 0 atom stereocenters. The minimum Gasteiger partial charge on any atom is -0.464 e. The van der Waals surface area contributed by atoms with Crippen LogP contribution in [0.2, 0.25) is 0 Å². The number of likely N-dealkylation sites (tertiary alicyclic amines) is 1. The summed E-state index contributed by atoms with van der Waals surface area (Å²) >= 11 is 0. The maximum absolute atomic E-state index is 13.4. The number of rotatable bonds is 4. The molecule has 0 spiro atoms. The fraction of sp³-hybridized carbons (Fsp3) is 0.391. The Labute approximate surface area is 172 Å². The molecule has 5 rings (SSSR count). The van der Waals surface area contributed by atoms with Gasteiger partial charge in [-0.25, -0.2) is 9.37 Å². The molecule has 1 aliphatic heterocycles. The molecule has 1 fully saturated rings. The number of nitrogens with zero attached hydrogens (tertiary/aromatic N) is 3. The Kier molecular flexibility index (Phi) is 4.70. The summed E-state index contributed by atoms with van der Waals surface area (Å²) in [6.45, 7) is 6.42. The second-order valence-corrected chi connectivity index (χ2v) is 8.18. The van der Waals surface area contributed by atoms with E-state index in [0.29, 0.717) is 34.9 Å². The SMILES string of the molecule is Cc1cc2nc(C)c(CCN3CCC(c4coc5cc(F)ccc45)CC3)c(=O)n2o1. The van der Waals surface area contributed by atoms with Crippen molar-refractivity contribution in [2.24, 2.45) is 0 Å². The number of fused-ring (bicyclic) bond motifs is 2. The average Bonchev–Trinajstić information content (AvgIpc) is 3.31. The van der Waals surface area contributed by atoms with Gasteiger partial charge in [-0.1, -0.05) is 0 Å². The third-order valence-electron chi connectivity index (χ3n) is 6.21. The van der Waals surface area contributed by atoms with Gasteiger partial charge in [0, 0.05) is 40.9 Å². The Morgan fingerprint density at radius 1 is 1.20 bits per heavy atom. The molecule has 0 N–H and O–H groups in total. The van der Waals surface area contributed by atoms with Crippen LogP contribution in [0.25, 0.3) is 16.6 Å². The van der Waals surface area contributed by atoms with Gasteiger partial charge in [-0.3, -0.25) is 4.79 Å². The Hall–Kier alpha value is -2.93. The lowest BCUT2D eigenvalue weighted by Crippen LogP contribution is -2.35. The van der Waals surface area contributed by atoms with E-state index in [1.54, 1.807) is 12.3 Å². The summed E-state index contributed by atoms with van der Waals surface area (Å²) in [5, 5.41) is 1.01. The van der Waals surface area contributed by atoms with Crippen LogP contribution in [-0.2, 0) is 6.42 Å². The summed E-state index contributed by atoms with van der Waals surface area (Å²) in [6, 6.07) is 6.52. The lowest BCUT2D eigenvalue weighted by Gasteiger charge is -2.31. The molecule has 156 valence electrons. The number of benzene rings is 1. The van der Waals surface area contributed by atoms with Crippen molar-refractivity contribution >= 4 is 16.6 Å². The normalized spacial score (nSPS) is 16.1. The topological polar surface area (TPSA) is 63.9 Å². The molecule has 0 bridgehead atoms. The summed E-state index contributed by atoms with van der Waals surface area (Å²) in [7, 11) is 0. The molecule has 6 nitrogen and oxygen atoms in total. The number of hydrogen-bond acceptors (Lipinski definition) is 5. The monoisotopic (exact) mass is 409 g/mol. The van der Waals surface area contributed by atoms with E-state index in [1.807, 2.05) is 19.9 Å². The van der Waals surface area contributed by atoms with Gasteiger partial charge < -0.3 is 13.8 Å². The van der Waals surface area contributed by atoms with Gasteiger partial charge in [0.15, 0.2) is 5.65 Å². The molecular formula is C23H24FN3O3. The predicted octanol–water partition coefficient (Wildman–Crippen LogP) is 4.21. The van der Waals surface area contributed by atoms with Gasteiger partial charge in [0.05, 0.1) is 6.26 Å². The van der Waals surface area contributed by atoms with E-state index in [-0.39, 0.29) is 11.4 Å². The molecule has 3 aromatic heterocycles. The molecule has 0 radical (unpaired) electrons. The average molecular weight is 409 g/mol. The van der Waals surface area contributed by atoms with E-state index in [1.165, 1.54) is 22.3 Å². The second kappa shape index (κ2) is 7.40. The molecule has 1 aliphatic rings. The highest BCUT2D eigenvalue weighted by Gasteiger charge is 2.24. The van der Waals surface area contributed by atoms with E-state index >= 15 is 0 Å². The van der Waals surface area contributed by atoms with Crippen molar-refractivity contribution in [1.82, 2.24) is 14.5 Å². The van der Waals surface area contributed by atoms with Crippen molar-refractivity contribution in [3.05, 3.63) is 69.3 Å². The van der Waals surface area contributed by atoms with Crippen molar-refractivity contribution in [3.63, 3.8) is 0 Å². The number of aryl methyl sites for hydroxylation is 2. The van der Waals surface area contributed by atoms with Crippen molar-refractivity contribution in [3.8, 4) is 0 Å². The van der Waals surface area contributed by atoms with Gasteiger partial charge in [-0.2, -0.15) is 0 Å². The molecule has 4 heterocycles. The van der Waals surface area contributed by atoms with Crippen LogP contribution in [0.1, 0.15) is 41.3 Å². The van der Waals surface area contributed by atoms with Crippen LogP contribution in [0.3, 0.4) is 0 Å². The third kappa shape index (κ3) is 3.33. The third-order valence-corrected chi connectivity index (χ3v) is 6.21. The maximum atomic E-state index is 13.4. The molecule has 7 heteroatoms. The zero-order valence-corrected chi connectivity index (χ0v) is 17.2. The van der Waals surface area contributed by atoms with Crippen LogP contribution in [0.15, 0.2) is 44.3 Å². The largest absolute Gasteiger partial charge is 0.464 e. The zero-order chi connectivity index (χ0) is 20.8. The summed E-state index contributed by atoms with van der Waals surface area (Å²) in [6.07, 6.45) is 4.46. The van der Waals surface area contributed by atoms with Gasteiger partial charge in [0.2, 0.25) is 0 Å². The zero-order valence-electron chi connectivity index (χ0n) is 17.2. The smallest absolute Gasteiger partial charge is 0.290 e. The van der Waals surface area contributed by atoms with E-state index in [2.05, 4.69) is 9.88 Å². The molecular weight excluding hydrogens is 385 g/mol. The van der Waals surface area contributed by atoms with Crippen LogP contribution in [0.4, 0.5) is 4.39 Å². The quantitative estimate of drug-likeness (QED) is 0.505. The van der Waals surface area contributed by atoms with Crippen LogP contribution < -0.4 is 5.56 Å². The number of hydrogen-bond donors (Lipinski definition) is 0. The van der Waals surface area contributed by atoms with E-state index in [4.69, 9.17) is 8.94 Å². The van der Waals surface area contributed by atoms with Crippen LogP contribution in [0.5, 0.6) is 0 Å². The van der Waals surface area contributed by atoms with Gasteiger partial charge in [0.25, 0.3) is 5.56 Å². The highest BCUT2D eigenvalue weighted by atomic mass is 19.1. The lowest BCUT2D eigenvalue weighted by atomic mass is 9.89.